The Morgan fingerprint density at radius 2 is 1.81 bits per heavy atom. The Kier molecular flexibility index (Phi) is 4.00. The maximum atomic E-state index is 12.9. The number of hydrogen-bond acceptors (Lipinski definition) is 3. The molecule has 4 nitrogen and oxygen atoms in total. The average molecular weight is 287 g/mol. The fourth-order valence-corrected chi connectivity index (χ4v) is 3.33. The highest BCUT2D eigenvalue weighted by Gasteiger charge is 2.53. The predicted molar refractivity (Wildman–Crippen MR) is 84.0 cm³/mol. The first-order valence-corrected chi connectivity index (χ1v) is 7.96. The zero-order valence-electron chi connectivity index (χ0n) is 12.8. The molecule has 0 spiro atoms. The van der Waals surface area contributed by atoms with Crippen LogP contribution < -0.4 is 5.73 Å². The van der Waals surface area contributed by atoms with E-state index >= 15 is 0 Å². The van der Waals surface area contributed by atoms with Gasteiger partial charge in [0.05, 0.1) is 5.41 Å². The van der Waals surface area contributed by atoms with E-state index in [-0.39, 0.29) is 5.41 Å². The molecule has 2 aliphatic rings. The van der Waals surface area contributed by atoms with Gasteiger partial charge in [0.2, 0.25) is 5.91 Å². The molecule has 1 aliphatic heterocycles. The molecular weight excluding hydrogens is 262 g/mol. The van der Waals surface area contributed by atoms with Gasteiger partial charge in [-0.3, -0.25) is 9.69 Å². The van der Waals surface area contributed by atoms with E-state index in [0.717, 1.165) is 39.0 Å². The molecule has 2 fully saturated rings. The van der Waals surface area contributed by atoms with E-state index < -0.39 is 0 Å². The zero-order valence-corrected chi connectivity index (χ0v) is 12.8. The summed E-state index contributed by atoms with van der Waals surface area (Å²) in [6.45, 7) is 6.38. The van der Waals surface area contributed by atoms with Crippen LogP contribution in [0.15, 0.2) is 30.3 Å². The Labute approximate surface area is 126 Å². The monoisotopic (exact) mass is 287 g/mol. The lowest BCUT2D eigenvalue weighted by atomic mass is 9.94. The van der Waals surface area contributed by atoms with Crippen LogP contribution in [-0.2, 0) is 10.2 Å². The second-order valence-electron chi connectivity index (χ2n) is 6.36. The van der Waals surface area contributed by atoms with Crippen LogP contribution in [0.3, 0.4) is 0 Å². The lowest BCUT2D eigenvalue weighted by Crippen LogP contribution is -2.54. The minimum atomic E-state index is -0.219. The summed E-state index contributed by atoms with van der Waals surface area (Å²) in [5.74, 6) is 0.328. The molecule has 0 bridgehead atoms. The van der Waals surface area contributed by atoms with Crippen molar-refractivity contribution < 1.29 is 4.79 Å². The zero-order chi connectivity index (χ0) is 14.9. The van der Waals surface area contributed by atoms with Gasteiger partial charge in [0, 0.05) is 38.8 Å². The second kappa shape index (κ2) is 5.78. The van der Waals surface area contributed by atoms with Crippen molar-refractivity contribution in [1.29, 1.82) is 0 Å². The van der Waals surface area contributed by atoms with Gasteiger partial charge in [-0.15, -0.1) is 0 Å². The summed E-state index contributed by atoms with van der Waals surface area (Å²) < 4.78 is 0. The molecule has 1 aromatic rings. The summed E-state index contributed by atoms with van der Waals surface area (Å²) in [6, 6.07) is 10.7. The number of benzene rings is 1. The maximum Gasteiger partial charge on any atom is 0.233 e. The highest BCUT2D eigenvalue weighted by molar-refractivity contribution is 5.91. The topological polar surface area (TPSA) is 49.6 Å². The SMILES string of the molecule is CC(CN)N1CCN(C(=O)C2(c3ccccc3)CC2)CC1. The number of piperazine rings is 1. The van der Waals surface area contributed by atoms with Gasteiger partial charge in [-0.05, 0) is 25.3 Å². The van der Waals surface area contributed by atoms with E-state index in [1.54, 1.807) is 0 Å². The largest absolute Gasteiger partial charge is 0.339 e. The normalized spacial score (nSPS) is 22.9. The van der Waals surface area contributed by atoms with Gasteiger partial charge in [0.1, 0.15) is 0 Å². The molecule has 0 radical (unpaired) electrons. The quantitative estimate of drug-likeness (QED) is 0.905. The Balaban J connectivity index is 1.65. The van der Waals surface area contributed by atoms with Gasteiger partial charge in [-0.1, -0.05) is 30.3 Å². The summed E-state index contributed by atoms with van der Waals surface area (Å²) in [4.78, 5) is 17.3. The molecule has 1 amide bonds. The molecule has 1 aromatic carbocycles. The lowest BCUT2D eigenvalue weighted by Gasteiger charge is -2.39. The number of amides is 1. The highest BCUT2D eigenvalue weighted by atomic mass is 16.2. The first-order chi connectivity index (χ1) is 10.2. The van der Waals surface area contributed by atoms with Crippen molar-refractivity contribution in [3.8, 4) is 0 Å². The molecule has 2 N–H and O–H groups in total. The molecular formula is C17H25N3O. The van der Waals surface area contributed by atoms with Gasteiger partial charge in [-0.25, -0.2) is 0 Å². The molecule has 1 aliphatic carbocycles. The number of nitrogens with zero attached hydrogens (tertiary/aromatic N) is 2. The smallest absolute Gasteiger partial charge is 0.233 e. The van der Waals surface area contributed by atoms with Crippen LogP contribution in [0.2, 0.25) is 0 Å². The van der Waals surface area contributed by atoms with Crippen molar-refractivity contribution in [3.63, 3.8) is 0 Å². The Morgan fingerprint density at radius 3 is 2.33 bits per heavy atom. The van der Waals surface area contributed by atoms with Gasteiger partial charge in [0.15, 0.2) is 0 Å². The molecule has 0 aromatic heterocycles. The molecule has 1 saturated carbocycles. The van der Waals surface area contributed by atoms with E-state index in [0.29, 0.717) is 18.5 Å². The molecule has 1 saturated heterocycles. The van der Waals surface area contributed by atoms with E-state index in [9.17, 15) is 4.79 Å². The first-order valence-electron chi connectivity index (χ1n) is 7.96. The van der Waals surface area contributed by atoms with Gasteiger partial charge < -0.3 is 10.6 Å². The predicted octanol–water partition coefficient (Wildman–Crippen LogP) is 1.21. The number of carbonyl (C=O) groups is 1. The third-order valence-electron chi connectivity index (χ3n) is 5.05. The molecule has 114 valence electrons. The van der Waals surface area contributed by atoms with Crippen molar-refractivity contribution in [2.24, 2.45) is 5.73 Å². The van der Waals surface area contributed by atoms with Crippen LogP contribution in [0.25, 0.3) is 0 Å². The van der Waals surface area contributed by atoms with Crippen molar-refractivity contribution in [2.45, 2.75) is 31.2 Å². The first kappa shape index (κ1) is 14.5. The summed E-state index contributed by atoms with van der Waals surface area (Å²) in [7, 11) is 0. The molecule has 1 unspecified atom stereocenters. The van der Waals surface area contributed by atoms with Gasteiger partial charge in [0.25, 0.3) is 0 Å². The Bertz CT molecular complexity index is 490. The van der Waals surface area contributed by atoms with Crippen LogP contribution in [0.4, 0.5) is 0 Å². The molecule has 4 heteroatoms. The maximum absolute atomic E-state index is 12.9. The third kappa shape index (κ3) is 2.70. The summed E-state index contributed by atoms with van der Waals surface area (Å²) in [5.41, 5.74) is 6.70. The van der Waals surface area contributed by atoms with Crippen molar-refractivity contribution in [3.05, 3.63) is 35.9 Å². The van der Waals surface area contributed by atoms with E-state index in [1.165, 1.54) is 5.56 Å². The van der Waals surface area contributed by atoms with Crippen LogP contribution in [0, 0.1) is 0 Å². The van der Waals surface area contributed by atoms with Gasteiger partial charge in [-0.2, -0.15) is 0 Å². The molecule has 3 rings (SSSR count). The van der Waals surface area contributed by atoms with Crippen LogP contribution >= 0.6 is 0 Å². The third-order valence-corrected chi connectivity index (χ3v) is 5.05. The fraction of sp³-hybridized carbons (Fsp3) is 0.588. The number of nitrogens with two attached hydrogens (primary N) is 1. The number of rotatable bonds is 4. The van der Waals surface area contributed by atoms with Crippen molar-refractivity contribution >= 4 is 5.91 Å². The van der Waals surface area contributed by atoms with Crippen molar-refractivity contribution in [2.75, 3.05) is 32.7 Å². The summed E-state index contributed by atoms with van der Waals surface area (Å²) in [5, 5.41) is 0. The lowest BCUT2D eigenvalue weighted by molar-refractivity contribution is -0.136. The van der Waals surface area contributed by atoms with Gasteiger partial charge >= 0.3 is 0 Å². The average Bonchev–Trinajstić information content (AvgIpc) is 3.36. The van der Waals surface area contributed by atoms with Crippen LogP contribution in [0.5, 0.6) is 0 Å². The molecule has 21 heavy (non-hydrogen) atoms. The summed E-state index contributed by atoms with van der Waals surface area (Å²) >= 11 is 0. The highest BCUT2D eigenvalue weighted by Crippen LogP contribution is 2.49. The van der Waals surface area contributed by atoms with E-state index in [4.69, 9.17) is 5.73 Å². The Hall–Kier alpha value is -1.39. The molecule has 1 atom stereocenters. The molecule has 1 heterocycles. The standard InChI is InChI=1S/C17H25N3O/c1-14(13-18)19-9-11-20(12-10-19)16(21)17(7-8-17)15-5-3-2-4-6-15/h2-6,14H,7-13,18H2,1H3. The number of carbonyl (C=O) groups excluding carboxylic acids is 1. The summed E-state index contributed by atoms with van der Waals surface area (Å²) in [6.07, 6.45) is 1.99. The minimum absolute atomic E-state index is 0.219. The van der Waals surface area contributed by atoms with Crippen molar-refractivity contribution in [1.82, 2.24) is 9.80 Å². The van der Waals surface area contributed by atoms with E-state index in [2.05, 4.69) is 28.9 Å². The van der Waals surface area contributed by atoms with Crippen LogP contribution in [0.1, 0.15) is 25.3 Å². The second-order valence-corrected chi connectivity index (χ2v) is 6.36. The fourth-order valence-electron chi connectivity index (χ4n) is 3.33. The Morgan fingerprint density at radius 1 is 1.19 bits per heavy atom. The number of hydrogen-bond donors (Lipinski definition) is 1. The van der Waals surface area contributed by atoms with Crippen LogP contribution in [-0.4, -0.2) is 54.5 Å². The van der Waals surface area contributed by atoms with E-state index in [1.807, 2.05) is 18.2 Å². The minimum Gasteiger partial charge on any atom is -0.339 e.